The first-order chi connectivity index (χ1) is 13.6. The number of fused-ring (bicyclic) bond motifs is 1. The Bertz CT molecular complexity index is 811. The van der Waals surface area contributed by atoms with Gasteiger partial charge in [-0.2, -0.15) is 5.10 Å². The fraction of sp³-hybridized carbons (Fsp3) is 0.550. The van der Waals surface area contributed by atoms with E-state index in [0.29, 0.717) is 5.82 Å². The Morgan fingerprint density at radius 2 is 2.29 bits per heavy atom. The van der Waals surface area contributed by atoms with E-state index >= 15 is 0 Å². The summed E-state index contributed by atoms with van der Waals surface area (Å²) >= 11 is 0. The first-order valence-electron chi connectivity index (χ1n) is 9.85. The number of pyridine rings is 1. The lowest BCUT2D eigenvalue weighted by atomic mass is 9.78. The highest BCUT2D eigenvalue weighted by Gasteiger charge is 2.51. The van der Waals surface area contributed by atoms with Crippen LogP contribution in [0.3, 0.4) is 0 Å². The zero-order valence-corrected chi connectivity index (χ0v) is 16.3. The van der Waals surface area contributed by atoms with Gasteiger partial charge in [-0.1, -0.05) is 6.07 Å². The van der Waals surface area contributed by atoms with Crippen molar-refractivity contribution >= 4 is 11.7 Å². The van der Waals surface area contributed by atoms with Crippen molar-refractivity contribution in [3.05, 3.63) is 42.4 Å². The summed E-state index contributed by atoms with van der Waals surface area (Å²) in [5.41, 5.74) is 6.96. The molecule has 2 aromatic rings. The molecule has 4 rings (SSSR count). The lowest BCUT2D eigenvalue weighted by Crippen LogP contribution is -2.54. The molecule has 0 bridgehead atoms. The Morgan fingerprint density at radius 1 is 1.39 bits per heavy atom. The van der Waals surface area contributed by atoms with Gasteiger partial charge in [0.05, 0.1) is 5.60 Å². The van der Waals surface area contributed by atoms with Crippen molar-refractivity contribution in [2.24, 2.45) is 0 Å². The smallest absolute Gasteiger partial charge is 0.241 e. The molecule has 2 aromatic heterocycles. The number of methoxy groups -OCH3 is 1. The molecule has 1 saturated carbocycles. The number of nitrogens with two attached hydrogens (primary N) is 1. The van der Waals surface area contributed by atoms with Crippen LogP contribution in [0.1, 0.15) is 31.2 Å². The zero-order chi connectivity index (χ0) is 19.6. The number of ether oxygens (including phenoxy) is 1. The van der Waals surface area contributed by atoms with Gasteiger partial charge in [0.15, 0.2) is 0 Å². The van der Waals surface area contributed by atoms with E-state index in [1.54, 1.807) is 23.3 Å². The first kappa shape index (κ1) is 18.9. The number of nitrogens with zero attached hydrogens (tertiary/aromatic N) is 4. The molecule has 0 spiro atoms. The first-order valence-corrected chi connectivity index (χ1v) is 9.85. The summed E-state index contributed by atoms with van der Waals surface area (Å²) in [6.07, 6.45) is 8.95. The number of likely N-dealkylation sites (tertiary alicyclic amines) is 1. The molecule has 3 atom stereocenters. The molecule has 1 amide bonds. The van der Waals surface area contributed by atoms with E-state index in [1.807, 2.05) is 25.3 Å². The standard InChI is InChI=1S/C20H28N6O2/c1-28-20-6-5-16(24-18(27)14-26-10-3-9-23-26)12-17(20)25(11-7-20)13-15-4-2-8-22-19(15)21/h2-4,8-10,16-17H,5-7,11-14H2,1H3,(H2,21,22)(H,24,27)/t16-,17+,20-/m1/s1. The predicted octanol–water partition coefficient (Wildman–Crippen LogP) is 1.19. The Balaban J connectivity index is 1.43. The summed E-state index contributed by atoms with van der Waals surface area (Å²) < 4.78 is 7.67. The number of nitrogens with one attached hydrogen (secondary N) is 1. The van der Waals surface area contributed by atoms with Crippen LogP contribution in [0.2, 0.25) is 0 Å². The fourth-order valence-corrected chi connectivity index (χ4v) is 4.73. The normalized spacial score (nSPS) is 27.5. The molecule has 1 aliphatic heterocycles. The van der Waals surface area contributed by atoms with Gasteiger partial charge in [0.1, 0.15) is 12.4 Å². The fourth-order valence-electron chi connectivity index (χ4n) is 4.73. The van der Waals surface area contributed by atoms with Crippen LogP contribution in [0.25, 0.3) is 0 Å². The number of anilines is 1. The van der Waals surface area contributed by atoms with Crippen LogP contribution < -0.4 is 11.1 Å². The molecule has 8 nitrogen and oxygen atoms in total. The third kappa shape index (κ3) is 3.74. The molecule has 3 heterocycles. The monoisotopic (exact) mass is 384 g/mol. The van der Waals surface area contributed by atoms with E-state index in [4.69, 9.17) is 10.5 Å². The number of nitrogen functional groups attached to an aromatic ring is 1. The molecule has 3 N–H and O–H groups in total. The molecule has 1 saturated heterocycles. The molecular formula is C20H28N6O2. The second-order valence-corrected chi connectivity index (χ2v) is 7.80. The summed E-state index contributed by atoms with van der Waals surface area (Å²) in [7, 11) is 1.81. The zero-order valence-electron chi connectivity index (χ0n) is 16.3. The summed E-state index contributed by atoms with van der Waals surface area (Å²) in [6, 6.07) is 6.16. The quantitative estimate of drug-likeness (QED) is 0.776. The van der Waals surface area contributed by atoms with Gasteiger partial charge in [-0.05, 0) is 37.8 Å². The summed E-state index contributed by atoms with van der Waals surface area (Å²) in [5, 5.41) is 7.29. The van der Waals surface area contributed by atoms with Crippen molar-refractivity contribution in [2.45, 2.75) is 56.5 Å². The topological polar surface area (TPSA) is 98.3 Å². The minimum Gasteiger partial charge on any atom is -0.383 e. The predicted molar refractivity (Wildman–Crippen MR) is 105 cm³/mol. The molecule has 0 unspecified atom stereocenters. The number of hydrogen-bond donors (Lipinski definition) is 2. The van der Waals surface area contributed by atoms with Crippen LogP contribution in [0.5, 0.6) is 0 Å². The van der Waals surface area contributed by atoms with Crippen molar-refractivity contribution < 1.29 is 9.53 Å². The summed E-state index contributed by atoms with van der Waals surface area (Å²) in [5.74, 6) is 0.581. The van der Waals surface area contributed by atoms with Gasteiger partial charge < -0.3 is 15.8 Å². The van der Waals surface area contributed by atoms with Crippen molar-refractivity contribution in [1.82, 2.24) is 25.0 Å². The minimum atomic E-state index is -0.139. The molecule has 8 heteroatoms. The maximum Gasteiger partial charge on any atom is 0.241 e. The minimum absolute atomic E-state index is 0.000308. The van der Waals surface area contributed by atoms with Gasteiger partial charge >= 0.3 is 0 Å². The number of hydrogen-bond acceptors (Lipinski definition) is 6. The average molecular weight is 384 g/mol. The third-order valence-corrected chi connectivity index (χ3v) is 6.23. The van der Waals surface area contributed by atoms with Crippen LogP contribution in [0.4, 0.5) is 5.82 Å². The highest BCUT2D eigenvalue weighted by molar-refractivity contribution is 5.76. The number of rotatable bonds is 6. The van der Waals surface area contributed by atoms with Crippen molar-refractivity contribution in [2.75, 3.05) is 19.4 Å². The Kier molecular flexibility index (Phi) is 5.32. The Morgan fingerprint density at radius 3 is 3.04 bits per heavy atom. The molecule has 0 aromatic carbocycles. The average Bonchev–Trinajstić information content (AvgIpc) is 3.32. The molecule has 2 aliphatic rings. The van der Waals surface area contributed by atoms with E-state index in [-0.39, 0.29) is 30.1 Å². The van der Waals surface area contributed by atoms with E-state index in [2.05, 4.69) is 20.3 Å². The molecular weight excluding hydrogens is 356 g/mol. The van der Waals surface area contributed by atoms with E-state index in [0.717, 1.165) is 44.3 Å². The van der Waals surface area contributed by atoms with Gasteiger partial charge in [-0.15, -0.1) is 0 Å². The summed E-state index contributed by atoms with van der Waals surface area (Å²) in [6.45, 7) is 1.96. The number of carbonyl (C=O) groups excluding carboxylic acids is 1. The van der Waals surface area contributed by atoms with E-state index in [1.165, 1.54) is 0 Å². The largest absolute Gasteiger partial charge is 0.383 e. The number of aromatic nitrogens is 3. The second kappa shape index (κ2) is 7.89. The van der Waals surface area contributed by atoms with Gasteiger partial charge in [-0.25, -0.2) is 4.98 Å². The van der Waals surface area contributed by atoms with Crippen LogP contribution in [-0.2, 0) is 22.6 Å². The SMILES string of the molecule is CO[C@@]12CC[C@@H](NC(=O)Cn3cccn3)C[C@@H]1N(Cc1cccnc1N)CC2. The highest BCUT2D eigenvalue weighted by Crippen LogP contribution is 2.43. The van der Waals surface area contributed by atoms with E-state index < -0.39 is 0 Å². The number of amides is 1. The highest BCUT2D eigenvalue weighted by atomic mass is 16.5. The van der Waals surface area contributed by atoms with Gasteiger partial charge in [0.25, 0.3) is 0 Å². The number of carbonyl (C=O) groups is 1. The van der Waals surface area contributed by atoms with Crippen LogP contribution >= 0.6 is 0 Å². The lowest BCUT2D eigenvalue weighted by Gasteiger charge is -2.44. The molecule has 2 fully saturated rings. The Labute approximate surface area is 165 Å². The van der Waals surface area contributed by atoms with Crippen molar-refractivity contribution in [3.8, 4) is 0 Å². The Hall–Kier alpha value is -2.45. The lowest BCUT2D eigenvalue weighted by molar-refractivity contribution is -0.124. The molecule has 0 radical (unpaired) electrons. The molecule has 1 aliphatic carbocycles. The van der Waals surface area contributed by atoms with Crippen molar-refractivity contribution in [3.63, 3.8) is 0 Å². The van der Waals surface area contributed by atoms with Crippen molar-refractivity contribution in [1.29, 1.82) is 0 Å². The van der Waals surface area contributed by atoms with E-state index in [9.17, 15) is 4.79 Å². The molecule has 150 valence electrons. The van der Waals surface area contributed by atoms with Crippen LogP contribution in [0, 0.1) is 0 Å². The summed E-state index contributed by atoms with van der Waals surface area (Å²) in [4.78, 5) is 19.0. The van der Waals surface area contributed by atoms with Crippen LogP contribution in [-0.4, -0.2) is 56.9 Å². The second-order valence-electron chi connectivity index (χ2n) is 7.80. The van der Waals surface area contributed by atoms with Gasteiger partial charge in [0, 0.05) is 56.4 Å². The molecule has 28 heavy (non-hydrogen) atoms. The maximum atomic E-state index is 12.4. The van der Waals surface area contributed by atoms with Gasteiger partial charge in [0.2, 0.25) is 5.91 Å². The van der Waals surface area contributed by atoms with Crippen LogP contribution in [0.15, 0.2) is 36.8 Å². The maximum absolute atomic E-state index is 12.4. The van der Waals surface area contributed by atoms with Gasteiger partial charge in [-0.3, -0.25) is 14.4 Å². The third-order valence-electron chi connectivity index (χ3n) is 6.23.